The molecular formula is C17H23Cl. The maximum atomic E-state index is 5.99. The highest BCUT2D eigenvalue weighted by molar-refractivity contribution is 6.30. The molecule has 1 heteroatoms. The molecule has 0 amide bonds. The third-order valence-corrected chi connectivity index (χ3v) is 4.41. The van der Waals surface area contributed by atoms with Crippen molar-refractivity contribution in [1.29, 1.82) is 0 Å². The van der Waals surface area contributed by atoms with Gasteiger partial charge in [0.1, 0.15) is 0 Å². The van der Waals surface area contributed by atoms with Crippen LogP contribution in [0.4, 0.5) is 0 Å². The molecule has 2 unspecified atom stereocenters. The van der Waals surface area contributed by atoms with Crippen LogP contribution in [0.25, 0.3) is 0 Å². The first-order chi connectivity index (χ1) is 8.38. The number of halogens is 1. The van der Waals surface area contributed by atoms with Crippen LogP contribution in [-0.4, -0.2) is 0 Å². The molecule has 98 valence electrons. The fraction of sp³-hybridized carbons (Fsp3) is 0.529. The van der Waals surface area contributed by atoms with Gasteiger partial charge in [0.15, 0.2) is 0 Å². The minimum absolute atomic E-state index is 0.347. The molecule has 18 heavy (non-hydrogen) atoms. The first-order valence-corrected chi connectivity index (χ1v) is 7.17. The zero-order valence-corrected chi connectivity index (χ0v) is 12.6. The number of rotatable bonds is 1. The van der Waals surface area contributed by atoms with E-state index in [-0.39, 0.29) is 0 Å². The van der Waals surface area contributed by atoms with Crippen LogP contribution in [0.3, 0.4) is 0 Å². The van der Waals surface area contributed by atoms with E-state index < -0.39 is 0 Å². The molecule has 0 bridgehead atoms. The summed E-state index contributed by atoms with van der Waals surface area (Å²) in [6.45, 7) is 9.34. The zero-order chi connectivity index (χ0) is 13.3. The van der Waals surface area contributed by atoms with E-state index >= 15 is 0 Å². The lowest BCUT2D eigenvalue weighted by Crippen LogP contribution is -2.29. The van der Waals surface area contributed by atoms with E-state index in [0.717, 1.165) is 11.4 Å². The quantitative estimate of drug-likeness (QED) is 0.559. The Labute approximate surface area is 116 Å². The van der Waals surface area contributed by atoms with Gasteiger partial charge in [0.05, 0.1) is 0 Å². The fourth-order valence-electron chi connectivity index (χ4n) is 3.05. The van der Waals surface area contributed by atoms with E-state index in [1.165, 1.54) is 12.0 Å². The molecule has 0 saturated heterocycles. The third-order valence-electron chi connectivity index (χ3n) is 4.16. The Morgan fingerprint density at radius 1 is 1.11 bits per heavy atom. The molecule has 1 aromatic carbocycles. The fourth-order valence-corrected chi connectivity index (χ4v) is 3.18. The smallest absolute Gasteiger partial charge is 0.0406 e. The van der Waals surface area contributed by atoms with Crippen LogP contribution in [0.5, 0.6) is 0 Å². The second kappa shape index (κ2) is 5.09. The lowest BCUT2D eigenvalue weighted by atomic mass is 9.65. The van der Waals surface area contributed by atoms with Crippen molar-refractivity contribution in [3.8, 4) is 0 Å². The highest BCUT2D eigenvalue weighted by Crippen LogP contribution is 2.46. The summed E-state index contributed by atoms with van der Waals surface area (Å²) in [5.74, 6) is 1.34. The second-order valence-electron chi connectivity index (χ2n) is 6.62. The van der Waals surface area contributed by atoms with E-state index in [1.807, 2.05) is 12.1 Å². The van der Waals surface area contributed by atoms with Gasteiger partial charge in [-0.15, -0.1) is 0 Å². The lowest BCUT2D eigenvalue weighted by Gasteiger charge is -2.40. The molecule has 0 aromatic heterocycles. The van der Waals surface area contributed by atoms with Crippen LogP contribution in [-0.2, 0) is 0 Å². The summed E-state index contributed by atoms with van der Waals surface area (Å²) in [6, 6.07) is 8.42. The molecule has 0 heterocycles. The Morgan fingerprint density at radius 3 is 2.28 bits per heavy atom. The summed E-state index contributed by atoms with van der Waals surface area (Å²) in [6.07, 6.45) is 4.79. The summed E-state index contributed by atoms with van der Waals surface area (Å²) in [5, 5.41) is 0.827. The van der Waals surface area contributed by atoms with E-state index in [9.17, 15) is 0 Å². The molecule has 2 rings (SSSR count). The van der Waals surface area contributed by atoms with Crippen molar-refractivity contribution in [3.05, 3.63) is 46.5 Å². The summed E-state index contributed by atoms with van der Waals surface area (Å²) in [4.78, 5) is 0. The average Bonchev–Trinajstić information content (AvgIpc) is 2.29. The maximum absolute atomic E-state index is 5.99. The standard InChI is InChI=1S/C17H23Cl/c1-12-5-10-15(16(11-12)17(2,3)4)13-6-8-14(18)9-7-13/h5-9,15-16H,10-11H2,1-4H3. The van der Waals surface area contributed by atoms with Gasteiger partial charge in [-0.3, -0.25) is 0 Å². The molecule has 1 aromatic rings. The Hall–Kier alpha value is -0.750. The molecule has 0 N–H and O–H groups in total. The van der Waals surface area contributed by atoms with Crippen LogP contribution < -0.4 is 0 Å². The molecule has 0 radical (unpaired) electrons. The van der Waals surface area contributed by atoms with E-state index in [1.54, 1.807) is 5.57 Å². The largest absolute Gasteiger partial charge is 0.0850 e. The van der Waals surface area contributed by atoms with Gasteiger partial charge in [0.2, 0.25) is 0 Å². The number of benzene rings is 1. The van der Waals surface area contributed by atoms with Gasteiger partial charge in [-0.25, -0.2) is 0 Å². The SMILES string of the molecule is CC1=CCC(c2ccc(Cl)cc2)C(C(C)(C)C)C1. The van der Waals surface area contributed by atoms with Crippen molar-refractivity contribution in [1.82, 2.24) is 0 Å². The zero-order valence-electron chi connectivity index (χ0n) is 11.8. The van der Waals surface area contributed by atoms with E-state index in [0.29, 0.717) is 17.3 Å². The number of hydrogen-bond acceptors (Lipinski definition) is 0. The summed E-state index contributed by atoms with van der Waals surface area (Å²) < 4.78 is 0. The molecule has 0 aliphatic heterocycles. The van der Waals surface area contributed by atoms with Crippen LogP contribution in [0.2, 0.25) is 5.02 Å². The van der Waals surface area contributed by atoms with Gasteiger partial charge in [-0.05, 0) is 54.7 Å². The minimum atomic E-state index is 0.347. The molecule has 0 spiro atoms. The highest BCUT2D eigenvalue weighted by atomic mass is 35.5. The van der Waals surface area contributed by atoms with Crippen LogP contribution in [0, 0.1) is 11.3 Å². The Balaban J connectivity index is 2.32. The van der Waals surface area contributed by atoms with Crippen molar-refractivity contribution >= 4 is 11.6 Å². The molecule has 0 nitrogen and oxygen atoms in total. The summed E-state index contributed by atoms with van der Waals surface area (Å²) in [7, 11) is 0. The molecular weight excluding hydrogens is 240 g/mol. The van der Waals surface area contributed by atoms with E-state index in [2.05, 4.69) is 45.9 Å². The highest BCUT2D eigenvalue weighted by Gasteiger charge is 2.34. The van der Waals surface area contributed by atoms with Gasteiger partial charge in [-0.2, -0.15) is 0 Å². The van der Waals surface area contributed by atoms with Gasteiger partial charge in [-0.1, -0.05) is 56.2 Å². The Kier molecular flexibility index (Phi) is 3.87. The lowest BCUT2D eigenvalue weighted by molar-refractivity contribution is 0.190. The third kappa shape index (κ3) is 2.98. The van der Waals surface area contributed by atoms with Crippen molar-refractivity contribution in [2.75, 3.05) is 0 Å². The number of hydrogen-bond donors (Lipinski definition) is 0. The van der Waals surface area contributed by atoms with Gasteiger partial charge in [0.25, 0.3) is 0 Å². The topological polar surface area (TPSA) is 0 Å². The van der Waals surface area contributed by atoms with Crippen molar-refractivity contribution in [2.45, 2.75) is 46.5 Å². The molecule has 0 fully saturated rings. The molecule has 2 atom stereocenters. The molecule has 1 aliphatic carbocycles. The first kappa shape index (κ1) is 13.7. The van der Waals surface area contributed by atoms with Gasteiger partial charge < -0.3 is 0 Å². The maximum Gasteiger partial charge on any atom is 0.0406 e. The van der Waals surface area contributed by atoms with Crippen molar-refractivity contribution < 1.29 is 0 Å². The minimum Gasteiger partial charge on any atom is -0.0850 e. The van der Waals surface area contributed by atoms with Crippen LogP contribution in [0.1, 0.15) is 52.0 Å². The average molecular weight is 263 g/mol. The molecule has 1 aliphatic rings. The van der Waals surface area contributed by atoms with Gasteiger partial charge in [0, 0.05) is 5.02 Å². The normalized spacial score (nSPS) is 24.8. The van der Waals surface area contributed by atoms with Crippen LogP contribution >= 0.6 is 11.6 Å². The van der Waals surface area contributed by atoms with Crippen LogP contribution in [0.15, 0.2) is 35.9 Å². The van der Waals surface area contributed by atoms with E-state index in [4.69, 9.17) is 11.6 Å². The predicted octanol–water partition coefficient (Wildman–Crippen LogP) is 5.83. The number of allylic oxidation sites excluding steroid dienone is 2. The Morgan fingerprint density at radius 2 is 1.72 bits per heavy atom. The molecule has 0 saturated carbocycles. The predicted molar refractivity (Wildman–Crippen MR) is 80.1 cm³/mol. The van der Waals surface area contributed by atoms with Gasteiger partial charge >= 0.3 is 0 Å². The summed E-state index contributed by atoms with van der Waals surface area (Å²) in [5.41, 5.74) is 3.32. The second-order valence-corrected chi connectivity index (χ2v) is 7.06. The Bertz CT molecular complexity index is 434. The van der Waals surface area contributed by atoms with Crippen molar-refractivity contribution in [2.24, 2.45) is 11.3 Å². The monoisotopic (exact) mass is 262 g/mol. The summed E-state index contributed by atoms with van der Waals surface area (Å²) >= 11 is 5.99. The van der Waals surface area contributed by atoms with Crippen molar-refractivity contribution in [3.63, 3.8) is 0 Å². The first-order valence-electron chi connectivity index (χ1n) is 6.79.